The van der Waals surface area contributed by atoms with Crippen molar-refractivity contribution >= 4 is 17.6 Å². The Bertz CT molecular complexity index is 792. The summed E-state index contributed by atoms with van der Waals surface area (Å²) in [5.74, 6) is -1.82. The molecule has 28 heavy (non-hydrogen) atoms. The molecular weight excluding hydrogens is 354 g/mol. The van der Waals surface area contributed by atoms with Gasteiger partial charge >= 0.3 is 5.97 Å². The maximum Gasteiger partial charge on any atom is 0.307 e. The van der Waals surface area contributed by atoms with Crippen LogP contribution in [0.1, 0.15) is 24.1 Å². The molecule has 0 spiro atoms. The van der Waals surface area contributed by atoms with Gasteiger partial charge in [0.1, 0.15) is 0 Å². The number of carbonyl (C=O) groups is 2. The lowest BCUT2D eigenvalue weighted by atomic mass is 9.88. The van der Waals surface area contributed by atoms with Gasteiger partial charge in [0.05, 0.1) is 23.7 Å². The van der Waals surface area contributed by atoms with Gasteiger partial charge < -0.3 is 15.3 Å². The molecule has 1 fully saturated rings. The van der Waals surface area contributed by atoms with Crippen LogP contribution < -0.4 is 5.32 Å². The number of pyridine rings is 1. The molecule has 1 aromatic carbocycles. The highest BCUT2D eigenvalue weighted by molar-refractivity contribution is 5.93. The number of carbonyl (C=O) groups excluding carboxylic acids is 1. The highest BCUT2D eigenvalue weighted by Crippen LogP contribution is 2.24. The Morgan fingerprint density at radius 1 is 1.14 bits per heavy atom. The lowest BCUT2D eigenvalue weighted by molar-refractivity contribution is -0.145. The van der Waals surface area contributed by atoms with Crippen molar-refractivity contribution in [3.63, 3.8) is 0 Å². The number of amides is 1. The minimum absolute atomic E-state index is 0.135. The quantitative estimate of drug-likeness (QED) is 0.770. The van der Waals surface area contributed by atoms with Crippen molar-refractivity contribution in [3.05, 3.63) is 59.9 Å². The highest BCUT2D eigenvalue weighted by atomic mass is 16.4. The van der Waals surface area contributed by atoms with E-state index in [0.29, 0.717) is 25.2 Å². The zero-order valence-electron chi connectivity index (χ0n) is 16.2. The monoisotopic (exact) mass is 381 g/mol. The summed E-state index contributed by atoms with van der Waals surface area (Å²) in [5, 5.41) is 12.4. The number of aromatic nitrogens is 1. The number of rotatable bonds is 7. The number of hydrogen-bond acceptors (Lipinski definition) is 4. The summed E-state index contributed by atoms with van der Waals surface area (Å²) in [6.07, 6.45) is 3.88. The first-order chi connectivity index (χ1) is 13.5. The minimum Gasteiger partial charge on any atom is -0.481 e. The Balaban J connectivity index is 1.58. The fourth-order valence-corrected chi connectivity index (χ4v) is 3.68. The van der Waals surface area contributed by atoms with Gasteiger partial charge in [0.25, 0.3) is 0 Å². The van der Waals surface area contributed by atoms with Gasteiger partial charge in [-0.25, -0.2) is 0 Å². The average Bonchev–Trinajstić information content (AvgIpc) is 2.70. The first-order valence-corrected chi connectivity index (χ1v) is 9.74. The molecule has 0 bridgehead atoms. The molecule has 6 heteroatoms. The summed E-state index contributed by atoms with van der Waals surface area (Å²) in [6, 6.07) is 13.9. The van der Waals surface area contributed by atoms with Crippen LogP contribution in [-0.2, 0) is 16.0 Å². The first-order valence-electron chi connectivity index (χ1n) is 9.74. The van der Waals surface area contributed by atoms with Crippen LogP contribution in [0.25, 0.3) is 0 Å². The number of carboxylic acids is 1. The van der Waals surface area contributed by atoms with Gasteiger partial charge in [-0.2, -0.15) is 0 Å². The zero-order valence-corrected chi connectivity index (χ0v) is 16.2. The van der Waals surface area contributed by atoms with Crippen LogP contribution in [0, 0.1) is 18.8 Å². The first kappa shape index (κ1) is 20.0. The molecule has 1 aliphatic rings. The van der Waals surface area contributed by atoms with Gasteiger partial charge in [-0.15, -0.1) is 0 Å². The molecule has 2 heterocycles. The zero-order chi connectivity index (χ0) is 19.9. The number of carboxylic acid groups (broad SMARTS) is 1. The predicted octanol–water partition coefficient (Wildman–Crippen LogP) is 2.98. The molecule has 2 atom stereocenters. The van der Waals surface area contributed by atoms with E-state index < -0.39 is 11.9 Å². The molecule has 2 aromatic rings. The molecule has 0 aliphatic carbocycles. The van der Waals surface area contributed by atoms with E-state index in [9.17, 15) is 14.7 Å². The molecular formula is C22H27N3O3. The fraction of sp³-hybridized carbons (Fsp3) is 0.409. The van der Waals surface area contributed by atoms with Gasteiger partial charge in [0.2, 0.25) is 5.91 Å². The number of benzene rings is 1. The van der Waals surface area contributed by atoms with Crippen LogP contribution in [0.3, 0.4) is 0 Å². The number of anilines is 1. The largest absolute Gasteiger partial charge is 0.481 e. The Labute approximate surface area is 165 Å². The Kier molecular flexibility index (Phi) is 6.76. The van der Waals surface area contributed by atoms with Gasteiger partial charge in [0.15, 0.2) is 0 Å². The molecule has 1 amide bonds. The normalized spacial score (nSPS) is 19.9. The molecule has 0 unspecified atom stereocenters. The summed E-state index contributed by atoms with van der Waals surface area (Å²) >= 11 is 0. The number of likely N-dealkylation sites (tertiary alicyclic amines) is 1. The van der Waals surface area contributed by atoms with Crippen molar-refractivity contribution in [1.82, 2.24) is 9.88 Å². The maximum absolute atomic E-state index is 12.7. The predicted molar refractivity (Wildman–Crippen MR) is 108 cm³/mol. The van der Waals surface area contributed by atoms with E-state index in [1.807, 2.05) is 37.3 Å². The SMILES string of the molecule is Cc1ccc(NC(=O)[C@@H]2C[C@H](C(=O)O)CN(CCCc3ccccc3)C2)cn1. The third kappa shape index (κ3) is 5.63. The van der Waals surface area contributed by atoms with E-state index in [0.717, 1.165) is 25.1 Å². The van der Waals surface area contributed by atoms with Crippen LogP contribution in [0.5, 0.6) is 0 Å². The standard InChI is InChI=1S/C22H27N3O3/c1-16-9-10-20(13-23-16)24-21(26)18-12-19(22(27)28)15-25(14-18)11-5-8-17-6-3-2-4-7-17/h2-4,6-7,9-10,13,18-19H,5,8,11-12,14-15H2,1H3,(H,24,26)(H,27,28)/t18-,19+/m1/s1. The van der Waals surface area contributed by atoms with Crippen LogP contribution in [-0.4, -0.2) is 46.5 Å². The molecule has 0 radical (unpaired) electrons. The van der Waals surface area contributed by atoms with Gasteiger partial charge in [-0.1, -0.05) is 30.3 Å². The minimum atomic E-state index is -0.831. The Morgan fingerprint density at radius 3 is 2.57 bits per heavy atom. The number of nitrogens with one attached hydrogen (secondary N) is 1. The lowest BCUT2D eigenvalue weighted by Gasteiger charge is -2.35. The number of aliphatic carboxylic acids is 1. The summed E-state index contributed by atoms with van der Waals surface area (Å²) in [4.78, 5) is 30.6. The van der Waals surface area contributed by atoms with Crippen molar-refractivity contribution in [2.75, 3.05) is 25.0 Å². The van der Waals surface area contributed by atoms with Crippen molar-refractivity contribution in [1.29, 1.82) is 0 Å². The third-order valence-corrected chi connectivity index (χ3v) is 5.21. The maximum atomic E-state index is 12.7. The van der Waals surface area contributed by atoms with E-state index in [1.54, 1.807) is 6.20 Å². The number of piperidine rings is 1. The fourth-order valence-electron chi connectivity index (χ4n) is 3.68. The van der Waals surface area contributed by atoms with Crippen molar-refractivity contribution in [2.45, 2.75) is 26.2 Å². The summed E-state index contributed by atoms with van der Waals surface area (Å²) in [6.45, 7) is 3.76. The average molecular weight is 381 g/mol. The Hall–Kier alpha value is -2.73. The second-order valence-electron chi connectivity index (χ2n) is 7.49. The lowest BCUT2D eigenvalue weighted by Crippen LogP contribution is -2.47. The van der Waals surface area contributed by atoms with Crippen molar-refractivity contribution in [3.8, 4) is 0 Å². The van der Waals surface area contributed by atoms with Gasteiger partial charge in [-0.3, -0.25) is 14.6 Å². The second-order valence-corrected chi connectivity index (χ2v) is 7.49. The van der Waals surface area contributed by atoms with Crippen molar-refractivity contribution < 1.29 is 14.7 Å². The van der Waals surface area contributed by atoms with Gasteiger partial charge in [0, 0.05) is 18.8 Å². The molecule has 3 rings (SSSR count). The van der Waals surface area contributed by atoms with E-state index in [1.165, 1.54) is 5.56 Å². The van der Waals surface area contributed by atoms with E-state index in [2.05, 4.69) is 27.3 Å². The molecule has 1 saturated heterocycles. The summed E-state index contributed by atoms with van der Waals surface area (Å²) in [5.41, 5.74) is 2.80. The molecule has 0 saturated carbocycles. The molecule has 1 aromatic heterocycles. The summed E-state index contributed by atoms with van der Waals surface area (Å²) < 4.78 is 0. The molecule has 148 valence electrons. The van der Waals surface area contributed by atoms with E-state index in [-0.39, 0.29) is 11.8 Å². The number of nitrogens with zero attached hydrogens (tertiary/aromatic N) is 2. The highest BCUT2D eigenvalue weighted by Gasteiger charge is 2.34. The van der Waals surface area contributed by atoms with E-state index in [4.69, 9.17) is 0 Å². The topological polar surface area (TPSA) is 82.5 Å². The van der Waals surface area contributed by atoms with Crippen LogP contribution in [0.2, 0.25) is 0 Å². The number of hydrogen-bond donors (Lipinski definition) is 2. The summed E-state index contributed by atoms with van der Waals surface area (Å²) in [7, 11) is 0. The molecule has 2 N–H and O–H groups in total. The number of aryl methyl sites for hydroxylation is 2. The molecule has 6 nitrogen and oxygen atoms in total. The van der Waals surface area contributed by atoms with Gasteiger partial charge in [-0.05, 0) is 50.4 Å². The smallest absolute Gasteiger partial charge is 0.307 e. The van der Waals surface area contributed by atoms with Crippen LogP contribution in [0.15, 0.2) is 48.7 Å². The van der Waals surface area contributed by atoms with E-state index >= 15 is 0 Å². The third-order valence-electron chi connectivity index (χ3n) is 5.21. The van der Waals surface area contributed by atoms with Crippen molar-refractivity contribution in [2.24, 2.45) is 11.8 Å². The van der Waals surface area contributed by atoms with Crippen LogP contribution >= 0.6 is 0 Å². The van der Waals surface area contributed by atoms with Crippen LogP contribution in [0.4, 0.5) is 5.69 Å². The molecule has 1 aliphatic heterocycles. The second kappa shape index (κ2) is 9.46. The Morgan fingerprint density at radius 2 is 1.89 bits per heavy atom.